The molecule has 1 aliphatic heterocycles. The van der Waals surface area contributed by atoms with Crippen LogP contribution in [0.1, 0.15) is 36.3 Å². The molecule has 0 saturated carbocycles. The predicted octanol–water partition coefficient (Wildman–Crippen LogP) is 3.40. The van der Waals surface area contributed by atoms with Gasteiger partial charge >= 0.3 is 0 Å². The Kier molecular flexibility index (Phi) is 4.11. The van der Waals surface area contributed by atoms with Crippen LogP contribution in [0.4, 0.5) is 0 Å². The molecule has 2 aliphatic rings. The van der Waals surface area contributed by atoms with Gasteiger partial charge in [-0.2, -0.15) is 0 Å². The number of nitrogens with one attached hydrogen (secondary N) is 1. The smallest absolute Gasteiger partial charge is 0.237 e. The summed E-state index contributed by atoms with van der Waals surface area (Å²) in [5, 5.41) is 3.16. The van der Waals surface area contributed by atoms with Crippen LogP contribution in [0.2, 0.25) is 0 Å². The molecule has 24 heavy (non-hydrogen) atoms. The van der Waals surface area contributed by atoms with Crippen molar-refractivity contribution < 1.29 is 4.79 Å². The Morgan fingerprint density at radius 2 is 1.71 bits per heavy atom. The molecule has 124 valence electrons. The lowest BCUT2D eigenvalue weighted by molar-refractivity contribution is -0.125. The van der Waals surface area contributed by atoms with E-state index in [9.17, 15) is 4.79 Å². The number of likely N-dealkylation sites (N-methyl/N-ethyl adjacent to an activating group) is 1. The average molecular weight is 320 g/mol. The molecule has 2 aromatic carbocycles. The zero-order chi connectivity index (χ0) is 16.5. The lowest BCUT2D eigenvalue weighted by Gasteiger charge is -2.20. The van der Waals surface area contributed by atoms with E-state index in [1.54, 1.807) is 0 Å². The molecule has 0 radical (unpaired) electrons. The Hall–Kier alpha value is -2.13. The van der Waals surface area contributed by atoms with Gasteiger partial charge in [0, 0.05) is 12.5 Å². The van der Waals surface area contributed by atoms with Crippen molar-refractivity contribution in [1.82, 2.24) is 10.2 Å². The molecule has 3 heteroatoms. The van der Waals surface area contributed by atoms with Crippen molar-refractivity contribution >= 4 is 5.91 Å². The molecule has 0 spiro atoms. The summed E-state index contributed by atoms with van der Waals surface area (Å²) >= 11 is 0. The monoisotopic (exact) mass is 320 g/mol. The van der Waals surface area contributed by atoms with Crippen molar-refractivity contribution in [3.8, 4) is 11.1 Å². The molecule has 1 N–H and O–H groups in total. The molecule has 2 aromatic rings. The Labute approximate surface area is 143 Å². The average Bonchev–Trinajstić information content (AvgIpc) is 3.17. The molecule has 1 unspecified atom stereocenters. The third-order valence-electron chi connectivity index (χ3n) is 5.52. The zero-order valence-corrected chi connectivity index (χ0v) is 14.2. The van der Waals surface area contributed by atoms with E-state index in [0.717, 1.165) is 32.4 Å². The fraction of sp³-hybridized carbons (Fsp3) is 0.381. The lowest BCUT2D eigenvalue weighted by atomic mass is 9.93. The van der Waals surface area contributed by atoms with Crippen molar-refractivity contribution in [1.29, 1.82) is 0 Å². The summed E-state index contributed by atoms with van der Waals surface area (Å²) in [6.07, 6.45) is 3.06. The number of carbonyl (C=O) groups excluding carboxylic acids is 1. The van der Waals surface area contributed by atoms with E-state index in [0.29, 0.717) is 5.92 Å². The molecule has 4 rings (SSSR count). The Bertz CT molecular complexity index is 710. The molecule has 1 atom stereocenters. The number of carbonyl (C=O) groups is 1. The molecule has 1 aliphatic carbocycles. The van der Waals surface area contributed by atoms with E-state index in [-0.39, 0.29) is 11.9 Å². The first-order valence-corrected chi connectivity index (χ1v) is 8.92. The van der Waals surface area contributed by atoms with E-state index in [1.165, 1.54) is 22.3 Å². The molecule has 1 heterocycles. The molecule has 1 amide bonds. The summed E-state index contributed by atoms with van der Waals surface area (Å²) in [6, 6.07) is 17.4. The SMILES string of the molecule is CN1CCCC1C(=O)NCCC1c2ccccc2-c2ccccc21. The van der Waals surface area contributed by atoms with E-state index in [1.807, 2.05) is 7.05 Å². The summed E-state index contributed by atoms with van der Waals surface area (Å²) in [6.45, 7) is 1.76. The second-order valence-electron chi connectivity index (χ2n) is 6.95. The first-order chi connectivity index (χ1) is 11.8. The van der Waals surface area contributed by atoms with Crippen LogP contribution in [0.15, 0.2) is 48.5 Å². The third-order valence-corrected chi connectivity index (χ3v) is 5.52. The van der Waals surface area contributed by atoms with Gasteiger partial charge < -0.3 is 5.32 Å². The molecule has 1 fully saturated rings. The maximum Gasteiger partial charge on any atom is 0.237 e. The van der Waals surface area contributed by atoms with Gasteiger partial charge in [-0.15, -0.1) is 0 Å². The minimum atomic E-state index is 0.0631. The van der Waals surface area contributed by atoms with Gasteiger partial charge in [0.25, 0.3) is 0 Å². The third kappa shape index (κ3) is 2.63. The number of hydrogen-bond acceptors (Lipinski definition) is 2. The molecular formula is C21H24N2O. The minimum Gasteiger partial charge on any atom is -0.355 e. The number of nitrogens with zero attached hydrogens (tertiary/aromatic N) is 1. The number of amides is 1. The van der Waals surface area contributed by atoms with Crippen LogP contribution in [0.25, 0.3) is 11.1 Å². The first kappa shape index (κ1) is 15.4. The van der Waals surface area contributed by atoms with Gasteiger partial charge in [-0.05, 0) is 55.1 Å². The van der Waals surface area contributed by atoms with Crippen molar-refractivity contribution in [3.63, 3.8) is 0 Å². The van der Waals surface area contributed by atoms with Crippen LogP contribution in [-0.2, 0) is 4.79 Å². The molecule has 0 bridgehead atoms. The standard InChI is InChI=1S/C21H24N2O/c1-23-14-6-11-20(23)21(24)22-13-12-19-17-9-4-2-7-15(17)16-8-3-5-10-18(16)19/h2-5,7-10,19-20H,6,11-14H2,1H3,(H,22,24). The van der Waals surface area contributed by atoms with Gasteiger partial charge in [-0.3, -0.25) is 9.69 Å². The first-order valence-electron chi connectivity index (χ1n) is 8.92. The second kappa shape index (κ2) is 6.40. The van der Waals surface area contributed by atoms with Gasteiger partial charge in [0.1, 0.15) is 0 Å². The van der Waals surface area contributed by atoms with E-state index in [4.69, 9.17) is 0 Å². The van der Waals surface area contributed by atoms with E-state index >= 15 is 0 Å². The van der Waals surface area contributed by atoms with Gasteiger partial charge in [0.2, 0.25) is 5.91 Å². The van der Waals surface area contributed by atoms with Crippen LogP contribution in [0.3, 0.4) is 0 Å². The number of hydrogen-bond donors (Lipinski definition) is 1. The van der Waals surface area contributed by atoms with Crippen LogP contribution >= 0.6 is 0 Å². The molecule has 1 saturated heterocycles. The van der Waals surface area contributed by atoms with Crippen molar-refractivity contribution in [2.45, 2.75) is 31.2 Å². The van der Waals surface area contributed by atoms with Crippen LogP contribution in [-0.4, -0.2) is 37.0 Å². The molecule has 3 nitrogen and oxygen atoms in total. The fourth-order valence-electron chi connectivity index (χ4n) is 4.27. The predicted molar refractivity (Wildman–Crippen MR) is 97.0 cm³/mol. The quantitative estimate of drug-likeness (QED) is 0.936. The fourth-order valence-corrected chi connectivity index (χ4v) is 4.27. The zero-order valence-electron chi connectivity index (χ0n) is 14.2. The Morgan fingerprint density at radius 3 is 2.29 bits per heavy atom. The highest BCUT2D eigenvalue weighted by atomic mass is 16.2. The maximum absolute atomic E-state index is 12.4. The molecular weight excluding hydrogens is 296 g/mol. The number of likely N-dealkylation sites (tertiary alicyclic amines) is 1. The van der Waals surface area contributed by atoms with Crippen molar-refractivity contribution in [2.24, 2.45) is 0 Å². The minimum absolute atomic E-state index is 0.0631. The van der Waals surface area contributed by atoms with E-state index < -0.39 is 0 Å². The van der Waals surface area contributed by atoms with E-state index in [2.05, 4.69) is 58.7 Å². The number of benzene rings is 2. The van der Waals surface area contributed by atoms with Crippen LogP contribution in [0.5, 0.6) is 0 Å². The van der Waals surface area contributed by atoms with Crippen molar-refractivity contribution in [2.75, 3.05) is 20.1 Å². The van der Waals surface area contributed by atoms with Crippen molar-refractivity contribution in [3.05, 3.63) is 59.7 Å². The highest BCUT2D eigenvalue weighted by molar-refractivity contribution is 5.82. The topological polar surface area (TPSA) is 32.3 Å². The Morgan fingerprint density at radius 1 is 1.08 bits per heavy atom. The number of rotatable bonds is 4. The summed E-state index contributed by atoms with van der Waals surface area (Å²) in [7, 11) is 2.04. The molecule has 0 aromatic heterocycles. The summed E-state index contributed by atoms with van der Waals surface area (Å²) < 4.78 is 0. The summed E-state index contributed by atoms with van der Waals surface area (Å²) in [5.41, 5.74) is 5.48. The van der Waals surface area contributed by atoms with Gasteiger partial charge in [0.15, 0.2) is 0 Å². The highest BCUT2D eigenvalue weighted by Gasteiger charge is 2.29. The maximum atomic E-state index is 12.4. The van der Waals surface area contributed by atoms with Crippen LogP contribution in [0, 0.1) is 0 Å². The summed E-state index contributed by atoms with van der Waals surface area (Å²) in [5.74, 6) is 0.577. The highest BCUT2D eigenvalue weighted by Crippen LogP contribution is 2.45. The Balaban J connectivity index is 1.46. The number of fused-ring (bicyclic) bond motifs is 3. The van der Waals surface area contributed by atoms with Gasteiger partial charge in [-0.25, -0.2) is 0 Å². The second-order valence-corrected chi connectivity index (χ2v) is 6.95. The van der Waals surface area contributed by atoms with Gasteiger partial charge in [0.05, 0.1) is 6.04 Å². The normalized spacial score (nSPS) is 20.0. The largest absolute Gasteiger partial charge is 0.355 e. The lowest BCUT2D eigenvalue weighted by Crippen LogP contribution is -2.41. The van der Waals surface area contributed by atoms with Gasteiger partial charge in [-0.1, -0.05) is 48.5 Å². The van der Waals surface area contributed by atoms with Crippen LogP contribution < -0.4 is 5.32 Å². The summed E-state index contributed by atoms with van der Waals surface area (Å²) in [4.78, 5) is 14.5.